The van der Waals surface area contributed by atoms with Gasteiger partial charge in [0.2, 0.25) is 10.0 Å². The lowest BCUT2D eigenvalue weighted by atomic mass is 9.98. The molecule has 8 heteroatoms. The molecule has 1 heterocycles. The number of aromatic nitrogens is 1. The molecule has 31 heavy (non-hydrogen) atoms. The SMILES string of the molecule is CN(C)S(=O)(=O)c1ccc(-c2cc(-c3ccccc3Cl)c3cc(Cl)ccc3n2)cc1.Cl. The zero-order chi connectivity index (χ0) is 21.5. The molecule has 3 aromatic carbocycles. The highest BCUT2D eigenvalue weighted by molar-refractivity contribution is 7.89. The topological polar surface area (TPSA) is 50.3 Å². The average Bonchev–Trinajstić information content (AvgIpc) is 2.73. The van der Waals surface area contributed by atoms with Gasteiger partial charge in [0.1, 0.15) is 0 Å². The molecule has 0 unspecified atom stereocenters. The molecule has 0 aliphatic carbocycles. The first-order chi connectivity index (χ1) is 14.3. The van der Waals surface area contributed by atoms with Crippen LogP contribution in [0.15, 0.2) is 77.7 Å². The van der Waals surface area contributed by atoms with E-state index in [9.17, 15) is 8.42 Å². The summed E-state index contributed by atoms with van der Waals surface area (Å²) >= 11 is 12.7. The number of fused-ring (bicyclic) bond motifs is 1. The van der Waals surface area contributed by atoms with Gasteiger partial charge in [-0.05, 0) is 48.0 Å². The first-order valence-electron chi connectivity index (χ1n) is 9.15. The first kappa shape index (κ1) is 23.5. The minimum Gasteiger partial charge on any atom is -0.248 e. The Morgan fingerprint density at radius 1 is 0.839 bits per heavy atom. The Kier molecular flexibility index (Phi) is 6.94. The highest BCUT2D eigenvalue weighted by Gasteiger charge is 2.17. The smallest absolute Gasteiger partial charge is 0.242 e. The van der Waals surface area contributed by atoms with E-state index in [1.165, 1.54) is 18.4 Å². The summed E-state index contributed by atoms with van der Waals surface area (Å²) in [5.74, 6) is 0. The maximum Gasteiger partial charge on any atom is 0.242 e. The van der Waals surface area contributed by atoms with E-state index in [1.54, 1.807) is 30.3 Å². The molecule has 1 aromatic heterocycles. The highest BCUT2D eigenvalue weighted by Crippen LogP contribution is 2.36. The summed E-state index contributed by atoms with van der Waals surface area (Å²) < 4.78 is 25.9. The van der Waals surface area contributed by atoms with Crippen molar-refractivity contribution in [3.8, 4) is 22.4 Å². The van der Waals surface area contributed by atoms with Crippen LogP contribution < -0.4 is 0 Å². The van der Waals surface area contributed by atoms with Gasteiger partial charge in [-0.1, -0.05) is 53.5 Å². The van der Waals surface area contributed by atoms with Crippen LogP contribution in [-0.2, 0) is 10.0 Å². The predicted octanol–water partition coefficient (Wildman–Crippen LogP) is 6.55. The minimum atomic E-state index is -3.49. The van der Waals surface area contributed by atoms with Crippen LogP contribution in [0.5, 0.6) is 0 Å². The van der Waals surface area contributed by atoms with Crippen molar-refractivity contribution >= 4 is 56.5 Å². The van der Waals surface area contributed by atoms with Crippen LogP contribution >= 0.6 is 35.6 Å². The lowest BCUT2D eigenvalue weighted by Crippen LogP contribution is -2.22. The molecule has 4 nitrogen and oxygen atoms in total. The minimum absolute atomic E-state index is 0. The zero-order valence-corrected chi connectivity index (χ0v) is 19.9. The second kappa shape index (κ2) is 9.15. The summed E-state index contributed by atoms with van der Waals surface area (Å²) in [4.78, 5) is 5.00. The molecule has 0 N–H and O–H groups in total. The van der Waals surface area contributed by atoms with Gasteiger partial charge >= 0.3 is 0 Å². The Bertz CT molecular complexity index is 1360. The Balaban J connectivity index is 0.00000272. The molecule has 0 saturated heterocycles. The van der Waals surface area contributed by atoms with E-state index in [0.29, 0.717) is 15.7 Å². The Hall–Kier alpha value is -2.15. The third-order valence-corrected chi connectivity index (χ3v) is 7.26. The third-order valence-electron chi connectivity index (χ3n) is 4.86. The number of rotatable bonds is 4. The maximum atomic E-state index is 12.3. The van der Waals surface area contributed by atoms with Crippen molar-refractivity contribution in [2.24, 2.45) is 0 Å². The molecule has 0 amide bonds. The van der Waals surface area contributed by atoms with Crippen LogP contribution in [0.2, 0.25) is 10.0 Å². The van der Waals surface area contributed by atoms with E-state index in [0.717, 1.165) is 27.6 Å². The summed E-state index contributed by atoms with van der Waals surface area (Å²) in [6.45, 7) is 0. The molecule has 0 radical (unpaired) electrons. The fourth-order valence-corrected chi connectivity index (χ4v) is 4.57. The van der Waals surface area contributed by atoms with Crippen LogP contribution in [0, 0.1) is 0 Å². The summed E-state index contributed by atoms with van der Waals surface area (Å²) in [6, 6.07) is 21.8. The number of hydrogen-bond donors (Lipinski definition) is 0. The summed E-state index contributed by atoms with van der Waals surface area (Å²) in [5.41, 5.74) is 4.08. The average molecular weight is 494 g/mol. The van der Waals surface area contributed by atoms with Gasteiger partial charge in [-0.25, -0.2) is 17.7 Å². The summed E-state index contributed by atoms with van der Waals surface area (Å²) in [6.07, 6.45) is 0. The molecule has 0 aliphatic rings. The van der Waals surface area contributed by atoms with Gasteiger partial charge in [-0.3, -0.25) is 0 Å². The quantitative estimate of drug-likeness (QED) is 0.324. The van der Waals surface area contributed by atoms with Gasteiger partial charge in [0, 0.05) is 40.7 Å². The molecule has 0 bridgehead atoms. The number of pyridine rings is 1. The van der Waals surface area contributed by atoms with E-state index < -0.39 is 10.0 Å². The number of hydrogen-bond acceptors (Lipinski definition) is 3. The molecular formula is C23H19Cl3N2O2S. The number of halogens is 3. The normalized spacial score (nSPS) is 11.5. The van der Waals surface area contributed by atoms with Gasteiger partial charge in [-0.2, -0.15) is 0 Å². The fraction of sp³-hybridized carbons (Fsp3) is 0.0870. The van der Waals surface area contributed by atoms with Crippen LogP contribution in [-0.4, -0.2) is 31.8 Å². The molecule has 0 saturated carbocycles. The number of sulfonamides is 1. The molecule has 4 rings (SSSR count). The molecule has 160 valence electrons. The second-order valence-corrected chi connectivity index (χ2v) is 10.0. The Morgan fingerprint density at radius 3 is 2.16 bits per heavy atom. The van der Waals surface area contributed by atoms with Crippen molar-refractivity contribution in [3.05, 3.63) is 82.8 Å². The predicted molar refractivity (Wildman–Crippen MR) is 131 cm³/mol. The van der Waals surface area contributed by atoms with Crippen molar-refractivity contribution in [2.75, 3.05) is 14.1 Å². The second-order valence-electron chi connectivity index (χ2n) is 7.01. The van der Waals surface area contributed by atoms with E-state index in [-0.39, 0.29) is 17.3 Å². The Morgan fingerprint density at radius 2 is 1.52 bits per heavy atom. The van der Waals surface area contributed by atoms with Gasteiger partial charge in [0.15, 0.2) is 0 Å². The summed E-state index contributed by atoms with van der Waals surface area (Å²) in [7, 11) is -0.473. The molecule has 4 aromatic rings. The lowest BCUT2D eigenvalue weighted by Gasteiger charge is -2.13. The van der Waals surface area contributed by atoms with Crippen LogP contribution in [0.1, 0.15) is 0 Å². The van der Waals surface area contributed by atoms with Crippen LogP contribution in [0.25, 0.3) is 33.3 Å². The van der Waals surface area contributed by atoms with E-state index in [4.69, 9.17) is 28.2 Å². The van der Waals surface area contributed by atoms with E-state index >= 15 is 0 Å². The van der Waals surface area contributed by atoms with Crippen molar-refractivity contribution in [3.63, 3.8) is 0 Å². The molecule has 0 aliphatic heterocycles. The van der Waals surface area contributed by atoms with E-state index in [1.807, 2.05) is 42.5 Å². The van der Waals surface area contributed by atoms with E-state index in [2.05, 4.69) is 0 Å². The highest BCUT2D eigenvalue weighted by atomic mass is 35.5. The first-order valence-corrected chi connectivity index (χ1v) is 11.3. The monoisotopic (exact) mass is 492 g/mol. The van der Waals surface area contributed by atoms with Crippen molar-refractivity contribution in [1.82, 2.24) is 9.29 Å². The third kappa shape index (κ3) is 4.56. The zero-order valence-electron chi connectivity index (χ0n) is 16.7. The van der Waals surface area contributed by atoms with Gasteiger partial charge in [-0.15, -0.1) is 12.4 Å². The van der Waals surface area contributed by atoms with Gasteiger partial charge in [0.05, 0.1) is 16.1 Å². The standard InChI is InChI=1S/C23H18Cl2N2O2S.ClH/c1-27(2)30(28,29)17-10-7-15(8-11-17)23-14-19(18-5-3-4-6-21(18)25)20-13-16(24)9-12-22(20)26-23;/h3-14H,1-2H3;1H. The molecule has 0 fully saturated rings. The largest absolute Gasteiger partial charge is 0.248 e. The van der Waals surface area contributed by atoms with Crippen LogP contribution in [0.4, 0.5) is 0 Å². The van der Waals surface area contributed by atoms with Crippen molar-refractivity contribution in [2.45, 2.75) is 4.90 Å². The lowest BCUT2D eigenvalue weighted by molar-refractivity contribution is 0.521. The Labute approximate surface area is 197 Å². The summed E-state index contributed by atoms with van der Waals surface area (Å²) in [5, 5.41) is 2.14. The van der Waals surface area contributed by atoms with Crippen LogP contribution in [0.3, 0.4) is 0 Å². The molecular weight excluding hydrogens is 475 g/mol. The molecule has 0 spiro atoms. The molecule has 0 atom stereocenters. The fourth-order valence-electron chi connectivity index (χ4n) is 3.26. The number of benzene rings is 3. The van der Waals surface area contributed by atoms with Gasteiger partial charge < -0.3 is 0 Å². The van der Waals surface area contributed by atoms with Crippen molar-refractivity contribution < 1.29 is 8.42 Å². The van der Waals surface area contributed by atoms with Gasteiger partial charge in [0.25, 0.3) is 0 Å². The van der Waals surface area contributed by atoms with Crippen molar-refractivity contribution in [1.29, 1.82) is 0 Å². The number of nitrogens with zero attached hydrogens (tertiary/aromatic N) is 2. The maximum absolute atomic E-state index is 12.3.